The van der Waals surface area contributed by atoms with E-state index < -0.39 is 0 Å². The van der Waals surface area contributed by atoms with Crippen molar-refractivity contribution < 1.29 is 4.90 Å². The molecule has 0 saturated heterocycles. The monoisotopic (exact) mass is 383 g/mol. The van der Waals surface area contributed by atoms with Gasteiger partial charge in [-0.25, -0.2) is 9.36 Å². The lowest BCUT2D eigenvalue weighted by Gasteiger charge is -2.12. The molecule has 0 saturated carbocycles. The summed E-state index contributed by atoms with van der Waals surface area (Å²) in [5.74, 6) is 0.828. The molecule has 0 aliphatic carbocycles. The van der Waals surface area contributed by atoms with E-state index in [0.717, 1.165) is 22.9 Å². The van der Waals surface area contributed by atoms with Crippen molar-refractivity contribution in [1.29, 1.82) is 0 Å². The lowest BCUT2D eigenvalue weighted by atomic mass is 10.3. The molecule has 4 aromatic rings. The first-order valence-corrected chi connectivity index (χ1v) is 9.59. The van der Waals surface area contributed by atoms with Crippen molar-refractivity contribution in [3.8, 4) is 16.4 Å². The van der Waals surface area contributed by atoms with Crippen LogP contribution in [0.25, 0.3) is 16.4 Å². The molecule has 1 aromatic carbocycles. The largest absolute Gasteiger partial charge is 0.315 e. The van der Waals surface area contributed by atoms with Gasteiger partial charge in [-0.2, -0.15) is 10.1 Å². The molecule has 0 radical (unpaired) electrons. The quantitative estimate of drug-likeness (QED) is 0.503. The van der Waals surface area contributed by atoms with Gasteiger partial charge in [-0.15, -0.1) is 11.3 Å². The first-order chi connectivity index (χ1) is 12.7. The first-order valence-electron chi connectivity index (χ1n) is 8.30. The number of aromatic amines is 1. The number of benzene rings is 1. The van der Waals surface area contributed by atoms with E-state index in [1.54, 1.807) is 11.3 Å². The molecule has 3 heterocycles. The van der Waals surface area contributed by atoms with Crippen LogP contribution in [0.2, 0.25) is 0 Å². The van der Waals surface area contributed by atoms with Crippen molar-refractivity contribution in [3.63, 3.8) is 0 Å². The van der Waals surface area contributed by atoms with Gasteiger partial charge >= 0.3 is 0 Å². The summed E-state index contributed by atoms with van der Waals surface area (Å²) in [4.78, 5) is 6.84. The van der Waals surface area contributed by atoms with Crippen LogP contribution in [0.1, 0.15) is 5.56 Å². The van der Waals surface area contributed by atoms with E-state index in [2.05, 4.69) is 28.4 Å². The Bertz CT molecular complexity index is 1030. The molecule has 0 amide bonds. The summed E-state index contributed by atoms with van der Waals surface area (Å²) in [5.41, 5.74) is 2.24. The zero-order valence-electron chi connectivity index (χ0n) is 14.3. The first kappa shape index (κ1) is 16.9. The minimum atomic E-state index is 0.577. The molecule has 2 N–H and O–H groups in total. The fourth-order valence-electron chi connectivity index (χ4n) is 2.83. The summed E-state index contributed by atoms with van der Waals surface area (Å²) >= 11 is 7.04. The molecular weight excluding hydrogens is 364 g/mol. The molecule has 1 atom stereocenters. The van der Waals surface area contributed by atoms with Crippen LogP contribution in [0.5, 0.6) is 0 Å². The molecule has 8 heteroatoms. The van der Waals surface area contributed by atoms with Crippen LogP contribution in [0.4, 0.5) is 0 Å². The van der Waals surface area contributed by atoms with E-state index >= 15 is 0 Å². The minimum Gasteiger partial charge on any atom is -0.315 e. The SMILES string of the molecule is C[NH+](Cc1cnn(-c2ccccc2)c1)Cn1[nH]c(-c2cccs2)nc1=S. The van der Waals surface area contributed by atoms with E-state index in [1.807, 2.05) is 63.4 Å². The second-order valence-electron chi connectivity index (χ2n) is 6.18. The van der Waals surface area contributed by atoms with Crippen molar-refractivity contribution in [1.82, 2.24) is 24.5 Å². The lowest BCUT2D eigenvalue weighted by molar-refractivity contribution is -0.917. The number of hydrogen-bond donors (Lipinski definition) is 2. The van der Waals surface area contributed by atoms with E-state index in [9.17, 15) is 0 Å². The Hall–Kier alpha value is -2.55. The fraction of sp³-hybridized carbons (Fsp3) is 0.167. The van der Waals surface area contributed by atoms with Gasteiger partial charge in [0.1, 0.15) is 6.54 Å². The number of quaternary nitrogens is 1. The third kappa shape index (κ3) is 3.67. The Balaban J connectivity index is 1.44. The van der Waals surface area contributed by atoms with Crippen molar-refractivity contribution in [3.05, 3.63) is 70.6 Å². The third-order valence-corrected chi connectivity index (χ3v) is 5.21. The smallest absolute Gasteiger partial charge is 0.221 e. The zero-order valence-corrected chi connectivity index (χ0v) is 15.9. The molecule has 1 unspecified atom stereocenters. The highest BCUT2D eigenvalue weighted by Crippen LogP contribution is 2.20. The van der Waals surface area contributed by atoms with E-state index in [0.29, 0.717) is 11.4 Å². The number of H-pyrrole nitrogens is 1. The van der Waals surface area contributed by atoms with Gasteiger partial charge in [-0.05, 0) is 35.8 Å². The molecule has 0 aliphatic rings. The molecule has 0 aliphatic heterocycles. The normalized spacial score (nSPS) is 12.3. The Kier molecular flexibility index (Phi) is 4.79. The van der Waals surface area contributed by atoms with Gasteiger partial charge in [0.25, 0.3) is 0 Å². The lowest BCUT2D eigenvalue weighted by Crippen LogP contribution is -3.07. The molecule has 0 bridgehead atoms. The maximum absolute atomic E-state index is 5.39. The number of nitrogens with zero attached hydrogens (tertiary/aromatic N) is 4. The maximum atomic E-state index is 5.39. The van der Waals surface area contributed by atoms with Crippen LogP contribution in [-0.4, -0.2) is 31.6 Å². The molecule has 3 aromatic heterocycles. The summed E-state index contributed by atoms with van der Waals surface area (Å²) in [6.45, 7) is 1.57. The molecular formula is C18H19N6S2+. The third-order valence-electron chi connectivity index (χ3n) is 4.02. The van der Waals surface area contributed by atoms with Crippen LogP contribution < -0.4 is 4.90 Å². The molecule has 0 fully saturated rings. The average molecular weight is 384 g/mol. The topological polar surface area (TPSA) is 55.9 Å². The second-order valence-corrected chi connectivity index (χ2v) is 7.49. The van der Waals surface area contributed by atoms with Crippen molar-refractivity contribution in [2.75, 3.05) is 7.05 Å². The molecule has 4 rings (SSSR count). The summed E-state index contributed by atoms with van der Waals surface area (Å²) in [5, 5.41) is 9.80. The minimum absolute atomic E-state index is 0.577. The van der Waals surface area contributed by atoms with Gasteiger partial charge in [0.15, 0.2) is 12.5 Å². The highest BCUT2D eigenvalue weighted by atomic mass is 32.1. The summed E-state index contributed by atoms with van der Waals surface area (Å²) in [7, 11) is 2.13. The van der Waals surface area contributed by atoms with Gasteiger partial charge in [0.05, 0.1) is 23.8 Å². The summed E-state index contributed by atoms with van der Waals surface area (Å²) in [6, 6.07) is 14.2. The van der Waals surface area contributed by atoms with E-state index in [1.165, 1.54) is 10.5 Å². The molecule has 132 valence electrons. The van der Waals surface area contributed by atoms with Crippen molar-refractivity contribution >= 4 is 23.6 Å². The molecule has 6 nitrogen and oxygen atoms in total. The number of hydrogen-bond acceptors (Lipinski definition) is 4. The van der Waals surface area contributed by atoms with Crippen molar-refractivity contribution in [2.45, 2.75) is 13.2 Å². The zero-order chi connectivity index (χ0) is 17.9. The van der Waals surface area contributed by atoms with Crippen LogP contribution in [-0.2, 0) is 13.2 Å². The molecule has 0 spiro atoms. The highest BCUT2D eigenvalue weighted by Gasteiger charge is 2.11. The summed E-state index contributed by atoms with van der Waals surface area (Å²) in [6.07, 6.45) is 3.99. The number of aromatic nitrogens is 5. The van der Waals surface area contributed by atoms with Crippen LogP contribution in [0.3, 0.4) is 0 Å². The highest BCUT2D eigenvalue weighted by molar-refractivity contribution is 7.71. The predicted octanol–water partition coefficient (Wildman–Crippen LogP) is 2.53. The Morgan fingerprint density at radius 2 is 2.04 bits per heavy atom. The van der Waals surface area contributed by atoms with Crippen LogP contribution in [0, 0.1) is 4.77 Å². The van der Waals surface area contributed by atoms with Crippen molar-refractivity contribution in [2.24, 2.45) is 0 Å². The predicted molar refractivity (Wildman–Crippen MR) is 105 cm³/mol. The van der Waals surface area contributed by atoms with Gasteiger partial charge in [-0.3, -0.25) is 5.10 Å². The van der Waals surface area contributed by atoms with E-state index in [-0.39, 0.29) is 0 Å². The van der Waals surface area contributed by atoms with Gasteiger partial charge in [0.2, 0.25) is 4.77 Å². The Labute approximate surface area is 160 Å². The number of nitrogens with one attached hydrogen (secondary N) is 2. The average Bonchev–Trinajstić information content (AvgIpc) is 3.38. The Morgan fingerprint density at radius 1 is 1.19 bits per heavy atom. The van der Waals surface area contributed by atoms with E-state index in [4.69, 9.17) is 12.2 Å². The fourth-order valence-corrected chi connectivity index (χ4v) is 3.70. The second kappa shape index (κ2) is 7.36. The van der Waals surface area contributed by atoms with Gasteiger partial charge in [0, 0.05) is 11.8 Å². The summed E-state index contributed by atoms with van der Waals surface area (Å²) < 4.78 is 4.40. The van der Waals surface area contributed by atoms with Crippen LogP contribution >= 0.6 is 23.6 Å². The number of thiophene rings is 1. The maximum Gasteiger partial charge on any atom is 0.221 e. The van der Waals surface area contributed by atoms with Gasteiger partial charge < -0.3 is 4.90 Å². The standard InChI is InChI=1S/C18H18N6S2/c1-22(11-14-10-19-23(12-14)15-6-3-2-4-7-15)13-24-18(25)20-17(21-24)16-8-5-9-26-16/h2-10,12H,11,13H2,1H3,(H,20,21,25)/p+1. The Morgan fingerprint density at radius 3 is 2.81 bits per heavy atom. The number of rotatable bonds is 6. The number of para-hydroxylation sites is 1. The van der Waals surface area contributed by atoms with Gasteiger partial charge in [-0.1, -0.05) is 24.3 Å². The van der Waals surface area contributed by atoms with Crippen LogP contribution in [0.15, 0.2) is 60.2 Å². The molecule has 26 heavy (non-hydrogen) atoms.